The summed E-state index contributed by atoms with van der Waals surface area (Å²) in [5.41, 5.74) is 1.87. The van der Waals surface area contributed by atoms with Crippen LogP contribution in [0.25, 0.3) is 4.96 Å². The third kappa shape index (κ3) is 2.93. The number of rotatable bonds is 4. The fraction of sp³-hybridized carbons (Fsp3) is 0.143. The van der Waals surface area contributed by atoms with Crippen molar-refractivity contribution < 1.29 is 4.79 Å². The Labute approximate surface area is 123 Å². The van der Waals surface area contributed by atoms with Gasteiger partial charge in [0.15, 0.2) is 4.96 Å². The number of hydrogen-bond donors (Lipinski definition) is 0. The third-order valence-corrected chi connectivity index (χ3v) is 4.08. The van der Waals surface area contributed by atoms with Crippen LogP contribution in [0.1, 0.15) is 11.3 Å². The molecule has 2 aromatic heterocycles. The smallest absolute Gasteiger partial charge is 0.193 e. The van der Waals surface area contributed by atoms with Crippen LogP contribution in [0, 0.1) is 0 Å². The predicted octanol–water partition coefficient (Wildman–Crippen LogP) is 3.51. The first-order valence-corrected chi connectivity index (χ1v) is 7.55. The van der Waals surface area contributed by atoms with Crippen molar-refractivity contribution in [3.8, 4) is 0 Å². The highest BCUT2D eigenvalue weighted by Gasteiger charge is 2.09. The molecule has 0 aliphatic carbocycles. The summed E-state index contributed by atoms with van der Waals surface area (Å²) in [5.74, 6) is 0.184. The molecule has 0 saturated heterocycles. The Hall–Kier alpha value is -1.46. The highest BCUT2D eigenvalue weighted by Crippen LogP contribution is 2.14. The van der Waals surface area contributed by atoms with Gasteiger partial charge in [-0.3, -0.25) is 9.20 Å². The van der Waals surface area contributed by atoms with Crippen LogP contribution in [0.4, 0.5) is 0 Å². The number of imidazole rings is 1. The Morgan fingerprint density at radius 2 is 2.26 bits per heavy atom. The van der Waals surface area contributed by atoms with E-state index >= 15 is 0 Å². The second-order valence-corrected chi connectivity index (χ2v) is 6.14. The molecule has 5 heteroatoms. The van der Waals surface area contributed by atoms with Gasteiger partial charge in [0.2, 0.25) is 0 Å². The van der Waals surface area contributed by atoms with Crippen molar-refractivity contribution in [2.75, 3.05) is 0 Å². The van der Waals surface area contributed by atoms with Crippen LogP contribution < -0.4 is 0 Å². The average molecular weight is 335 g/mol. The van der Waals surface area contributed by atoms with E-state index in [1.165, 1.54) is 0 Å². The Balaban J connectivity index is 1.69. The van der Waals surface area contributed by atoms with Crippen molar-refractivity contribution in [2.45, 2.75) is 12.8 Å². The number of nitrogens with zero attached hydrogens (tertiary/aromatic N) is 2. The van der Waals surface area contributed by atoms with Crippen molar-refractivity contribution in [3.63, 3.8) is 0 Å². The molecule has 0 aliphatic rings. The van der Waals surface area contributed by atoms with Crippen LogP contribution in [0.15, 0.2) is 46.5 Å². The SMILES string of the molecule is O=C(Cc1cccc(Br)c1)Cc1cn2ccsc2n1. The lowest BCUT2D eigenvalue weighted by Crippen LogP contribution is -2.06. The van der Waals surface area contributed by atoms with Crippen LogP contribution in [0.5, 0.6) is 0 Å². The van der Waals surface area contributed by atoms with Crippen molar-refractivity contribution in [3.05, 3.63) is 57.8 Å². The van der Waals surface area contributed by atoms with E-state index in [0.29, 0.717) is 12.8 Å². The minimum atomic E-state index is 0.184. The summed E-state index contributed by atoms with van der Waals surface area (Å²) in [7, 11) is 0. The first kappa shape index (κ1) is 12.6. The maximum Gasteiger partial charge on any atom is 0.193 e. The van der Waals surface area contributed by atoms with Gasteiger partial charge in [0.1, 0.15) is 5.78 Å². The van der Waals surface area contributed by atoms with Crippen molar-refractivity contribution in [2.24, 2.45) is 0 Å². The molecule has 0 spiro atoms. The van der Waals surface area contributed by atoms with Gasteiger partial charge in [-0.25, -0.2) is 4.98 Å². The zero-order valence-electron chi connectivity index (χ0n) is 10.0. The molecule has 3 nitrogen and oxygen atoms in total. The monoisotopic (exact) mass is 334 g/mol. The normalized spacial score (nSPS) is 11.0. The molecule has 0 radical (unpaired) electrons. The predicted molar refractivity (Wildman–Crippen MR) is 79.6 cm³/mol. The molecule has 0 bridgehead atoms. The summed E-state index contributed by atoms with van der Waals surface area (Å²) in [4.78, 5) is 17.4. The molecule has 0 N–H and O–H groups in total. The second kappa shape index (κ2) is 5.27. The van der Waals surface area contributed by atoms with Gasteiger partial charge >= 0.3 is 0 Å². The molecule has 0 atom stereocenters. The lowest BCUT2D eigenvalue weighted by Gasteiger charge is -2.00. The molecule has 2 heterocycles. The van der Waals surface area contributed by atoms with Gasteiger partial charge in [-0.2, -0.15) is 0 Å². The van der Waals surface area contributed by atoms with E-state index in [1.54, 1.807) is 11.3 Å². The van der Waals surface area contributed by atoms with Crippen molar-refractivity contribution in [1.29, 1.82) is 0 Å². The number of fused-ring (bicyclic) bond motifs is 1. The van der Waals surface area contributed by atoms with E-state index in [2.05, 4.69) is 20.9 Å². The molecule has 3 aromatic rings. The number of Topliss-reactive ketones (excluding diaryl/α,β-unsaturated/α-hetero) is 1. The second-order valence-electron chi connectivity index (χ2n) is 4.35. The highest BCUT2D eigenvalue weighted by atomic mass is 79.9. The van der Waals surface area contributed by atoms with Gasteiger partial charge in [-0.05, 0) is 17.7 Å². The van der Waals surface area contributed by atoms with E-state index < -0.39 is 0 Å². The number of halogens is 1. The minimum Gasteiger partial charge on any atom is -0.299 e. The molecule has 0 aliphatic heterocycles. The maximum absolute atomic E-state index is 12.0. The summed E-state index contributed by atoms with van der Waals surface area (Å²) in [6, 6.07) is 7.84. The van der Waals surface area contributed by atoms with Gasteiger partial charge in [0.05, 0.1) is 12.1 Å². The summed E-state index contributed by atoms with van der Waals surface area (Å²) >= 11 is 4.99. The Morgan fingerprint density at radius 1 is 1.37 bits per heavy atom. The molecular weight excluding hydrogens is 324 g/mol. The molecule has 96 valence electrons. The number of thiazole rings is 1. The van der Waals surface area contributed by atoms with Crippen LogP contribution in [0.3, 0.4) is 0 Å². The van der Waals surface area contributed by atoms with Crippen molar-refractivity contribution in [1.82, 2.24) is 9.38 Å². The van der Waals surface area contributed by atoms with E-state index in [-0.39, 0.29) is 5.78 Å². The van der Waals surface area contributed by atoms with E-state index in [4.69, 9.17) is 0 Å². The maximum atomic E-state index is 12.0. The number of carbonyl (C=O) groups excluding carboxylic acids is 1. The zero-order chi connectivity index (χ0) is 13.2. The Bertz CT molecular complexity index is 703. The standard InChI is InChI=1S/C14H11BrN2OS/c15-11-3-1-2-10(6-11)7-13(18)8-12-9-17-4-5-19-14(17)16-12/h1-6,9H,7-8H2. The van der Waals surface area contributed by atoms with E-state index in [0.717, 1.165) is 20.7 Å². The molecule has 0 saturated carbocycles. The van der Waals surface area contributed by atoms with Crippen LogP contribution in [-0.4, -0.2) is 15.2 Å². The number of ketones is 1. The van der Waals surface area contributed by atoms with Crippen LogP contribution in [0.2, 0.25) is 0 Å². The van der Waals surface area contributed by atoms with Crippen LogP contribution in [-0.2, 0) is 17.6 Å². The number of hydrogen-bond acceptors (Lipinski definition) is 3. The Kier molecular flexibility index (Phi) is 3.48. The van der Waals surface area contributed by atoms with Gasteiger partial charge in [0, 0.05) is 28.7 Å². The van der Waals surface area contributed by atoms with Crippen molar-refractivity contribution >= 4 is 38.0 Å². The number of benzene rings is 1. The van der Waals surface area contributed by atoms with Gasteiger partial charge in [-0.15, -0.1) is 11.3 Å². The largest absolute Gasteiger partial charge is 0.299 e. The first-order valence-electron chi connectivity index (χ1n) is 5.88. The van der Waals surface area contributed by atoms with E-state index in [1.807, 2.05) is 46.4 Å². The third-order valence-electron chi connectivity index (χ3n) is 2.81. The summed E-state index contributed by atoms with van der Waals surface area (Å²) < 4.78 is 2.95. The fourth-order valence-corrected chi connectivity index (χ4v) is 3.17. The lowest BCUT2D eigenvalue weighted by molar-refractivity contribution is -0.117. The lowest BCUT2D eigenvalue weighted by atomic mass is 10.1. The molecule has 19 heavy (non-hydrogen) atoms. The van der Waals surface area contributed by atoms with Gasteiger partial charge < -0.3 is 0 Å². The number of aromatic nitrogens is 2. The molecule has 0 fully saturated rings. The topological polar surface area (TPSA) is 34.4 Å². The minimum absolute atomic E-state index is 0.184. The quantitative estimate of drug-likeness (QED) is 0.731. The molecule has 0 unspecified atom stereocenters. The molecule has 3 rings (SSSR count). The summed E-state index contributed by atoms with van der Waals surface area (Å²) in [6.07, 6.45) is 4.71. The fourth-order valence-electron chi connectivity index (χ4n) is 2.00. The Morgan fingerprint density at radius 3 is 3.05 bits per heavy atom. The van der Waals surface area contributed by atoms with E-state index in [9.17, 15) is 4.79 Å². The molecule has 0 amide bonds. The average Bonchev–Trinajstić information content (AvgIpc) is 2.89. The molecule has 1 aromatic carbocycles. The zero-order valence-corrected chi connectivity index (χ0v) is 12.4. The summed E-state index contributed by atoms with van der Waals surface area (Å²) in [5, 5.41) is 1.98. The number of carbonyl (C=O) groups is 1. The van der Waals surface area contributed by atoms with Gasteiger partial charge in [0.25, 0.3) is 0 Å². The van der Waals surface area contributed by atoms with Crippen LogP contribution >= 0.6 is 27.3 Å². The highest BCUT2D eigenvalue weighted by molar-refractivity contribution is 9.10. The van der Waals surface area contributed by atoms with Gasteiger partial charge in [-0.1, -0.05) is 28.1 Å². The summed E-state index contributed by atoms with van der Waals surface area (Å²) in [6.45, 7) is 0. The molecular formula is C14H11BrN2OS. The first-order chi connectivity index (χ1) is 9.20.